The average molecular weight is 275 g/mol. The highest BCUT2D eigenvalue weighted by molar-refractivity contribution is 5.88. The molecule has 0 saturated carbocycles. The lowest BCUT2D eigenvalue weighted by Gasteiger charge is -2.13. The lowest BCUT2D eigenvalue weighted by Crippen LogP contribution is -1.94. The van der Waals surface area contributed by atoms with Crippen molar-refractivity contribution in [3.05, 3.63) is 78.4 Å². The van der Waals surface area contributed by atoms with Crippen molar-refractivity contribution in [2.75, 3.05) is 5.73 Å². The fourth-order valence-corrected chi connectivity index (χ4v) is 2.52. The van der Waals surface area contributed by atoms with Crippen LogP contribution >= 0.6 is 0 Å². The van der Waals surface area contributed by atoms with Gasteiger partial charge in [-0.15, -0.1) is 0 Å². The van der Waals surface area contributed by atoms with Crippen LogP contribution < -0.4 is 5.73 Å². The van der Waals surface area contributed by atoms with Crippen LogP contribution in [0.4, 0.5) is 5.69 Å². The summed E-state index contributed by atoms with van der Waals surface area (Å²) < 4.78 is 0. The lowest BCUT2D eigenvalue weighted by molar-refractivity contribution is 0.282. The number of aliphatic hydroxyl groups is 1. The van der Waals surface area contributed by atoms with Crippen molar-refractivity contribution in [3.63, 3.8) is 0 Å². The maximum Gasteiger partial charge on any atom is 0.0682 e. The van der Waals surface area contributed by atoms with E-state index in [4.69, 9.17) is 5.73 Å². The topological polar surface area (TPSA) is 46.2 Å². The van der Waals surface area contributed by atoms with E-state index >= 15 is 0 Å². The molecular formula is C19H17NO. The third kappa shape index (κ3) is 2.67. The second-order valence-corrected chi connectivity index (χ2v) is 4.99. The zero-order valence-electron chi connectivity index (χ0n) is 11.7. The highest BCUT2D eigenvalue weighted by atomic mass is 16.3. The standard InChI is InChI=1S/C19H17NO/c20-19-9-5-4-8-17(19)18-12-14(13-21)10-11-16(18)15-6-2-1-3-7-15/h1-12,21H,13,20H2. The van der Waals surface area contributed by atoms with Crippen LogP contribution in [0, 0.1) is 0 Å². The maximum atomic E-state index is 9.41. The van der Waals surface area contributed by atoms with E-state index in [1.165, 1.54) is 0 Å². The van der Waals surface area contributed by atoms with Gasteiger partial charge in [-0.2, -0.15) is 0 Å². The van der Waals surface area contributed by atoms with Crippen molar-refractivity contribution in [1.82, 2.24) is 0 Å². The molecule has 2 nitrogen and oxygen atoms in total. The van der Waals surface area contributed by atoms with Gasteiger partial charge in [-0.25, -0.2) is 0 Å². The molecule has 0 fully saturated rings. The maximum absolute atomic E-state index is 9.41. The van der Waals surface area contributed by atoms with E-state index < -0.39 is 0 Å². The molecule has 2 heteroatoms. The highest BCUT2D eigenvalue weighted by Gasteiger charge is 2.10. The Morgan fingerprint density at radius 2 is 1.43 bits per heavy atom. The average Bonchev–Trinajstić information content (AvgIpc) is 2.55. The number of aliphatic hydroxyl groups excluding tert-OH is 1. The number of hydrogen-bond acceptors (Lipinski definition) is 2. The number of nitrogens with two attached hydrogens (primary N) is 1. The van der Waals surface area contributed by atoms with Crippen LogP contribution in [0.3, 0.4) is 0 Å². The summed E-state index contributed by atoms with van der Waals surface area (Å²) in [6, 6.07) is 24.0. The molecule has 3 aromatic rings. The SMILES string of the molecule is Nc1ccccc1-c1cc(CO)ccc1-c1ccccc1. The molecule has 0 heterocycles. The van der Waals surface area contributed by atoms with Crippen LogP contribution in [0.5, 0.6) is 0 Å². The third-order valence-electron chi connectivity index (χ3n) is 3.60. The van der Waals surface area contributed by atoms with Gasteiger partial charge >= 0.3 is 0 Å². The quantitative estimate of drug-likeness (QED) is 0.707. The highest BCUT2D eigenvalue weighted by Crippen LogP contribution is 2.35. The largest absolute Gasteiger partial charge is 0.398 e. The number of rotatable bonds is 3. The second kappa shape index (κ2) is 5.81. The van der Waals surface area contributed by atoms with Gasteiger partial charge < -0.3 is 10.8 Å². The first-order valence-electron chi connectivity index (χ1n) is 6.93. The van der Waals surface area contributed by atoms with Gasteiger partial charge in [0.25, 0.3) is 0 Å². The molecular weight excluding hydrogens is 258 g/mol. The summed E-state index contributed by atoms with van der Waals surface area (Å²) in [6.07, 6.45) is 0. The number of hydrogen-bond donors (Lipinski definition) is 2. The Morgan fingerprint density at radius 1 is 0.714 bits per heavy atom. The number of anilines is 1. The molecule has 3 N–H and O–H groups in total. The normalized spacial score (nSPS) is 10.5. The zero-order chi connectivity index (χ0) is 14.7. The molecule has 0 aliphatic rings. The summed E-state index contributed by atoms with van der Waals surface area (Å²) in [7, 11) is 0. The van der Waals surface area contributed by atoms with Crippen molar-refractivity contribution >= 4 is 5.69 Å². The van der Waals surface area contributed by atoms with Crippen molar-refractivity contribution in [2.24, 2.45) is 0 Å². The molecule has 0 aliphatic carbocycles. The van der Waals surface area contributed by atoms with Crippen LogP contribution in [0.2, 0.25) is 0 Å². The molecule has 0 radical (unpaired) electrons. The second-order valence-electron chi connectivity index (χ2n) is 4.99. The van der Waals surface area contributed by atoms with Crippen molar-refractivity contribution in [3.8, 4) is 22.3 Å². The molecule has 0 unspecified atom stereocenters. The Kier molecular flexibility index (Phi) is 3.71. The molecule has 104 valence electrons. The number of benzene rings is 3. The number of nitrogen functional groups attached to an aromatic ring is 1. The molecule has 0 amide bonds. The van der Waals surface area contributed by atoms with Crippen LogP contribution in [0.25, 0.3) is 22.3 Å². The summed E-state index contributed by atoms with van der Waals surface area (Å²) in [6.45, 7) is 0.0226. The molecule has 0 atom stereocenters. The monoisotopic (exact) mass is 275 g/mol. The van der Waals surface area contributed by atoms with Crippen molar-refractivity contribution < 1.29 is 5.11 Å². The van der Waals surface area contributed by atoms with Gasteiger partial charge in [0.2, 0.25) is 0 Å². The van der Waals surface area contributed by atoms with Gasteiger partial charge in [0.05, 0.1) is 6.61 Å². The summed E-state index contributed by atoms with van der Waals surface area (Å²) in [5.41, 5.74) is 12.0. The van der Waals surface area contributed by atoms with E-state index in [1.807, 2.05) is 60.7 Å². The van der Waals surface area contributed by atoms with Crippen molar-refractivity contribution in [2.45, 2.75) is 6.61 Å². The Balaban J connectivity index is 2.24. The van der Waals surface area contributed by atoms with Gasteiger partial charge in [-0.1, -0.05) is 60.7 Å². The van der Waals surface area contributed by atoms with Gasteiger partial charge in [0.15, 0.2) is 0 Å². The van der Waals surface area contributed by atoms with E-state index in [2.05, 4.69) is 12.1 Å². The summed E-state index contributed by atoms with van der Waals surface area (Å²) in [5, 5.41) is 9.41. The van der Waals surface area contributed by atoms with Crippen LogP contribution in [0.1, 0.15) is 5.56 Å². The first kappa shape index (κ1) is 13.4. The van der Waals surface area contributed by atoms with Crippen molar-refractivity contribution in [1.29, 1.82) is 0 Å². The molecule has 0 bridgehead atoms. The van der Waals surface area contributed by atoms with E-state index in [0.29, 0.717) is 0 Å². The van der Waals surface area contributed by atoms with E-state index in [9.17, 15) is 5.11 Å². The van der Waals surface area contributed by atoms with Crippen LogP contribution in [-0.2, 0) is 6.61 Å². The summed E-state index contributed by atoms with van der Waals surface area (Å²) in [4.78, 5) is 0. The van der Waals surface area contributed by atoms with Gasteiger partial charge in [-0.05, 0) is 34.4 Å². The number of para-hydroxylation sites is 1. The molecule has 0 saturated heterocycles. The van der Waals surface area contributed by atoms with E-state index in [0.717, 1.165) is 33.5 Å². The minimum Gasteiger partial charge on any atom is -0.398 e. The van der Waals surface area contributed by atoms with E-state index in [1.54, 1.807) is 0 Å². The fourth-order valence-electron chi connectivity index (χ4n) is 2.52. The first-order valence-corrected chi connectivity index (χ1v) is 6.93. The fraction of sp³-hybridized carbons (Fsp3) is 0.0526. The Bertz CT molecular complexity index is 751. The van der Waals surface area contributed by atoms with Gasteiger partial charge in [-0.3, -0.25) is 0 Å². The van der Waals surface area contributed by atoms with Gasteiger partial charge in [0.1, 0.15) is 0 Å². The Labute approximate surface area is 124 Å². The molecule has 0 aliphatic heterocycles. The zero-order valence-corrected chi connectivity index (χ0v) is 11.7. The predicted molar refractivity (Wildman–Crippen MR) is 87.6 cm³/mol. The summed E-state index contributed by atoms with van der Waals surface area (Å²) in [5.74, 6) is 0. The van der Waals surface area contributed by atoms with Gasteiger partial charge in [0, 0.05) is 11.3 Å². The smallest absolute Gasteiger partial charge is 0.0682 e. The minimum atomic E-state index is 0.0226. The summed E-state index contributed by atoms with van der Waals surface area (Å²) >= 11 is 0. The predicted octanol–water partition coefficient (Wildman–Crippen LogP) is 4.10. The third-order valence-corrected chi connectivity index (χ3v) is 3.60. The molecule has 3 rings (SSSR count). The molecule has 0 aromatic heterocycles. The molecule has 21 heavy (non-hydrogen) atoms. The Hall–Kier alpha value is -2.58. The minimum absolute atomic E-state index is 0.0226. The molecule has 0 spiro atoms. The Morgan fingerprint density at radius 3 is 2.14 bits per heavy atom. The molecule has 3 aromatic carbocycles. The van der Waals surface area contributed by atoms with Crippen LogP contribution in [0.15, 0.2) is 72.8 Å². The van der Waals surface area contributed by atoms with E-state index in [-0.39, 0.29) is 6.61 Å². The first-order chi connectivity index (χ1) is 10.3. The lowest BCUT2D eigenvalue weighted by atomic mass is 9.92. The van der Waals surface area contributed by atoms with Crippen LogP contribution in [-0.4, -0.2) is 5.11 Å².